The molecule has 0 spiro atoms. The van der Waals surface area contributed by atoms with Crippen LogP contribution in [0.5, 0.6) is 0 Å². The summed E-state index contributed by atoms with van der Waals surface area (Å²) in [5.74, 6) is 0. The van der Waals surface area contributed by atoms with Gasteiger partial charge in [0.1, 0.15) is 10.1 Å². The van der Waals surface area contributed by atoms with Crippen LogP contribution in [0.2, 0.25) is 0 Å². The second kappa shape index (κ2) is 10.1. The van der Waals surface area contributed by atoms with E-state index in [9.17, 15) is 26.1 Å². The first-order valence-electron chi connectivity index (χ1n) is 6.75. The first-order chi connectivity index (χ1) is 12.2. The largest absolute Gasteiger partial charge is 2.00 e. The number of halogens is 3. The summed E-state index contributed by atoms with van der Waals surface area (Å²) in [5.41, 5.74) is -4.26. The van der Waals surface area contributed by atoms with Crippen LogP contribution in [0.1, 0.15) is 11.3 Å². The molecule has 0 saturated carbocycles. The molecule has 0 amide bonds. The molecule has 14 heteroatoms. The van der Waals surface area contributed by atoms with Gasteiger partial charge in [-0.3, -0.25) is 9.98 Å². The monoisotopic (exact) mass is 487 g/mol. The van der Waals surface area contributed by atoms with E-state index in [4.69, 9.17) is 13.0 Å². The Morgan fingerprint density at radius 3 is 2.07 bits per heavy atom. The van der Waals surface area contributed by atoms with Crippen molar-refractivity contribution in [3.8, 4) is 0 Å². The number of aliphatic imine (C=N–C) groups is 1. The first kappa shape index (κ1) is 26.2. The molecule has 1 radical (unpaired) electrons. The van der Waals surface area contributed by atoms with Gasteiger partial charge in [-0.25, -0.2) is 16.8 Å². The van der Waals surface area contributed by atoms with Crippen molar-refractivity contribution in [1.82, 2.24) is 4.98 Å². The van der Waals surface area contributed by atoms with E-state index >= 15 is 0 Å². The molecule has 0 unspecified atom stereocenters. The maximum atomic E-state index is 11.2. The van der Waals surface area contributed by atoms with Crippen LogP contribution in [-0.2, 0) is 37.3 Å². The number of benzene rings is 1. The molecule has 0 aliphatic heterocycles. The van der Waals surface area contributed by atoms with Crippen LogP contribution in [0, 0.1) is 6.92 Å². The minimum absolute atomic E-state index is 0. The van der Waals surface area contributed by atoms with Crippen molar-refractivity contribution in [3.05, 3.63) is 53.9 Å². The Bertz CT molecular complexity index is 1030. The van der Waals surface area contributed by atoms with Crippen molar-refractivity contribution < 1.29 is 56.2 Å². The zero-order valence-corrected chi connectivity index (χ0v) is 16.3. The van der Waals surface area contributed by atoms with Crippen molar-refractivity contribution in [2.75, 3.05) is 0 Å². The first-order valence-corrected chi connectivity index (χ1v) is 9.57. The molecule has 0 N–H and O–H groups in total. The molecule has 0 aliphatic rings. The molecule has 0 atom stereocenters. The van der Waals surface area contributed by atoms with Gasteiger partial charge in [-0.1, -0.05) is 12.1 Å². The second-order valence-corrected chi connectivity index (χ2v) is 7.56. The van der Waals surface area contributed by atoms with E-state index in [1.165, 1.54) is 18.3 Å². The summed E-state index contributed by atoms with van der Waals surface area (Å²) < 4.78 is 92.4. The van der Waals surface area contributed by atoms with Crippen LogP contribution in [0.25, 0.3) is 0 Å². The second-order valence-electron chi connectivity index (χ2n) is 4.84. The minimum Gasteiger partial charge on any atom is -0.744 e. The van der Waals surface area contributed by atoms with Gasteiger partial charge in [-0.15, -0.1) is 0 Å². The fourth-order valence-electron chi connectivity index (χ4n) is 1.52. The van der Waals surface area contributed by atoms with E-state index in [0.717, 1.165) is 0 Å². The molecule has 2 rings (SSSR count). The van der Waals surface area contributed by atoms with Gasteiger partial charge in [0.2, 0.25) is 0 Å². The van der Waals surface area contributed by atoms with Gasteiger partial charge in [-0.2, -0.15) is 13.2 Å². The Morgan fingerprint density at radius 1 is 1.07 bits per heavy atom. The molecule has 157 valence electrons. The smallest absolute Gasteiger partial charge is 0.744 e. The van der Waals surface area contributed by atoms with Crippen molar-refractivity contribution in [1.29, 1.82) is 0 Å². The van der Waals surface area contributed by atoms with Gasteiger partial charge in [0, 0.05) is 6.20 Å². The van der Waals surface area contributed by atoms with Gasteiger partial charge in [0.15, 0.2) is 10.1 Å². The number of nitrogens with zero attached hydrogens (tertiary/aromatic N) is 2. The van der Waals surface area contributed by atoms with Crippen LogP contribution < -0.4 is 0 Å². The summed E-state index contributed by atoms with van der Waals surface area (Å²) >= 11 is 0. The Balaban J connectivity index is 0.000000694. The van der Waals surface area contributed by atoms with Crippen LogP contribution in [-0.4, -0.2) is 42.6 Å². The molecular weight excluding hydrogens is 477 g/mol. The number of aryl methyl sites for hydroxylation is 1. The van der Waals surface area contributed by atoms with E-state index in [1.807, 2.05) is 0 Å². The van der Waals surface area contributed by atoms with Gasteiger partial charge in [0.05, 0.1) is 22.5 Å². The third kappa shape index (κ3) is 8.46. The quantitative estimate of drug-likeness (QED) is 0.279. The van der Waals surface area contributed by atoms with E-state index in [-0.39, 0.29) is 27.7 Å². The maximum absolute atomic E-state index is 11.2. The number of pyridine rings is 1. The predicted octanol–water partition coefficient (Wildman–Crippen LogP) is 2.09. The van der Waals surface area contributed by atoms with Gasteiger partial charge >= 0.3 is 22.6 Å². The topological polar surface area (TPSA) is 140 Å². The third-order valence-corrected chi connectivity index (χ3v) is 4.12. The average molecular weight is 488 g/mol. The van der Waals surface area contributed by atoms with Crippen LogP contribution in [0.4, 0.5) is 18.9 Å². The summed E-state index contributed by atoms with van der Waals surface area (Å²) in [6, 6.07) is 9.78. The standard InChI is InChI=1S/C13H12N2O3S.CHF3O3S.Cu/c1-10-5-6-12(13(8-10)19(16,17)18)15-9-11-4-2-3-7-14-11;2-1(3,4)8(5,6)7;/h2-9H,1H3,(H,16,17,18);(H,5,6,7);/q;;+2/p-2. The number of hydrogen-bond acceptors (Lipinski definition) is 8. The molecule has 0 fully saturated rings. The van der Waals surface area contributed by atoms with Crippen LogP contribution >= 0.6 is 0 Å². The Morgan fingerprint density at radius 2 is 1.64 bits per heavy atom. The summed E-state index contributed by atoms with van der Waals surface area (Å²) in [6.45, 7) is 1.71. The molecule has 2 aromatic rings. The van der Waals surface area contributed by atoms with E-state index in [2.05, 4.69) is 9.98 Å². The maximum Gasteiger partial charge on any atom is 2.00 e. The molecule has 1 aromatic heterocycles. The minimum atomic E-state index is -6.09. The Labute approximate surface area is 169 Å². The van der Waals surface area contributed by atoms with Crippen LogP contribution in [0.15, 0.2) is 52.5 Å². The fourth-order valence-corrected chi connectivity index (χ4v) is 2.22. The molecule has 0 aliphatic carbocycles. The molecule has 8 nitrogen and oxygen atoms in total. The van der Waals surface area contributed by atoms with Gasteiger partial charge in [0.25, 0.3) is 0 Å². The molecule has 0 bridgehead atoms. The zero-order chi connectivity index (χ0) is 20.9. The normalized spacial score (nSPS) is 12.1. The molecule has 28 heavy (non-hydrogen) atoms. The number of alkyl halides is 3. The molecule has 1 aromatic carbocycles. The third-order valence-electron chi connectivity index (χ3n) is 2.69. The predicted molar refractivity (Wildman–Crippen MR) is 86.4 cm³/mol. The summed E-state index contributed by atoms with van der Waals surface area (Å²) in [4.78, 5) is 7.72. The van der Waals surface area contributed by atoms with E-state index in [0.29, 0.717) is 11.3 Å². The summed E-state index contributed by atoms with van der Waals surface area (Å²) in [7, 11) is -10.6. The fraction of sp³-hybridized carbons (Fsp3) is 0.143. The van der Waals surface area contributed by atoms with Crippen LogP contribution in [0.3, 0.4) is 0 Å². The SMILES string of the molecule is Cc1ccc(N=Cc2ccccn2)c(S(=O)(=O)[O-])c1.O=S(=O)([O-])C(F)(F)F.[Cu+2]. The summed E-state index contributed by atoms with van der Waals surface area (Å²) in [6.07, 6.45) is 3.01. The number of aromatic nitrogens is 1. The Kier molecular flexibility index (Phi) is 9.43. The van der Waals surface area contributed by atoms with E-state index < -0.39 is 25.7 Å². The van der Waals surface area contributed by atoms with Crippen molar-refractivity contribution in [2.24, 2.45) is 4.99 Å². The number of hydrogen-bond donors (Lipinski definition) is 0. The molecular formula is C14H11CuF3N2O6S2. The molecule has 1 heterocycles. The van der Waals surface area contributed by atoms with Crippen molar-refractivity contribution >= 4 is 32.1 Å². The van der Waals surface area contributed by atoms with Gasteiger partial charge in [-0.05, 0) is 36.8 Å². The molecule has 0 saturated heterocycles. The van der Waals surface area contributed by atoms with Crippen molar-refractivity contribution in [2.45, 2.75) is 17.3 Å². The number of rotatable bonds is 3. The zero-order valence-electron chi connectivity index (χ0n) is 13.7. The average Bonchev–Trinajstić information content (AvgIpc) is 2.52. The van der Waals surface area contributed by atoms with Crippen molar-refractivity contribution in [3.63, 3.8) is 0 Å². The van der Waals surface area contributed by atoms with E-state index in [1.54, 1.807) is 37.4 Å². The summed E-state index contributed by atoms with van der Waals surface area (Å²) in [5, 5.41) is 0. The van der Waals surface area contributed by atoms with Gasteiger partial charge < -0.3 is 9.11 Å². The Hall–Kier alpha value is -1.83.